The number of hydrogen-bond donors (Lipinski definition) is 0. The SMILES string of the molecule is C1CCCCC1.CC.CC.CCC.CCC.CCC1CC2CCC1C2.CCC1CCCCC1. The molecule has 4 fully saturated rings. The second kappa shape index (κ2) is 32.0. The van der Waals surface area contributed by atoms with Crippen LogP contribution in [-0.2, 0) is 0 Å². The van der Waals surface area contributed by atoms with Crippen molar-refractivity contribution in [2.24, 2.45) is 23.7 Å². The molecule has 4 saturated carbocycles. The zero-order chi connectivity index (χ0) is 25.7. The first-order valence-corrected chi connectivity index (χ1v) is 16.2. The van der Waals surface area contributed by atoms with E-state index in [9.17, 15) is 0 Å². The molecule has 2 bridgehead atoms. The molecule has 4 aliphatic carbocycles. The van der Waals surface area contributed by atoms with Crippen LogP contribution in [0.4, 0.5) is 0 Å². The Labute approximate surface area is 214 Å². The molecule has 204 valence electrons. The van der Waals surface area contributed by atoms with E-state index in [1.807, 2.05) is 27.7 Å². The van der Waals surface area contributed by atoms with Crippen molar-refractivity contribution in [2.45, 2.75) is 191 Å². The van der Waals surface area contributed by atoms with E-state index in [0.29, 0.717) is 0 Å². The first kappa shape index (κ1) is 37.5. The van der Waals surface area contributed by atoms with Crippen molar-refractivity contribution in [2.75, 3.05) is 0 Å². The van der Waals surface area contributed by atoms with Gasteiger partial charge in [0.05, 0.1) is 0 Å². The second-order valence-electron chi connectivity index (χ2n) is 10.3. The molecule has 0 aromatic heterocycles. The Hall–Kier alpha value is 0. The minimum absolute atomic E-state index is 1.09. The molecule has 0 aliphatic heterocycles. The maximum atomic E-state index is 2.35. The fourth-order valence-electron chi connectivity index (χ4n) is 5.53. The van der Waals surface area contributed by atoms with Gasteiger partial charge in [-0.2, -0.15) is 0 Å². The lowest BCUT2D eigenvalue weighted by Gasteiger charge is -2.18. The third kappa shape index (κ3) is 23.5. The van der Waals surface area contributed by atoms with E-state index < -0.39 is 0 Å². The third-order valence-corrected chi connectivity index (χ3v) is 7.21. The van der Waals surface area contributed by atoms with E-state index >= 15 is 0 Å². The van der Waals surface area contributed by atoms with E-state index in [0.717, 1.165) is 23.7 Å². The number of hydrogen-bond acceptors (Lipinski definition) is 0. The van der Waals surface area contributed by atoms with E-state index in [1.54, 1.807) is 25.7 Å². The molecule has 4 rings (SSSR count). The molecule has 0 aromatic carbocycles. The van der Waals surface area contributed by atoms with Crippen LogP contribution < -0.4 is 0 Å². The molecule has 0 spiro atoms. The van der Waals surface area contributed by atoms with E-state index in [4.69, 9.17) is 0 Å². The molecule has 0 amide bonds. The molecule has 0 N–H and O–H groups in total. The average Bonchev–Trinajstić information content (AvgIpc) is 3.53. The van der Waals surface area contributed by atoms with Crippen LogP contribution in [-0.4, -0.2) is 0 Å². The van der Waals surface area contributed by atoms with Crippen molar-refractivity contribution in [3.63, 3.8) is 0 Å². The third-order valence-electron chi connectivity index (χ3n) is 7.21. The first-order valence-electron chi connectivity index (χ1n) is 16.2. The molecule has 0 heterocycles. The van der Waals surface area contributed by atoms with Crippen LogP contribution >= 0.6 is 0 Å². The van der Waals surface area contributed by atoms with Crippen molar-refractivity contribution >= 4 is 0 Å². The van der Waals surface area contributed by atoms with Gasteiger partial charge in [-0.1, -0.05) is 172 Å². The summed E-state index contributed by atoms with van der Waals surface area (Å²) in [6.07, 6.45) is 28.1. The number of fused-ring (bicyclic) bond motifs is 2. The highest BCUT2D eigenvalue weighted by atomic mass is 14.4. The van der Waals surface area contributed by atoms with Gasteiger partial charge in [-0.25, -0.2) is 0 Å². The lowest BCUT2D eigenvalue weighted by molar-refractivity contribution is 0.324. The van der Waals surface area contributed by atoms with Crippen LogP contribution in [0.3, 0.4) is 0 Å². The molecule has 0 radical (unpaired) electrons. The summed E-state index contributed by atoms with van der Waals surface area (Å²) >= 11 is 0. The fourth-order valence-corrected chi connectivity index (χ4v) is 5.53. The molecule has 0 nitrogen and oxygen atoms in total. The Morgan fingerprint density at radius 1 is 0.455 bits per heavy atom. The first-order chi connectivity index (χ1) is 16.2. The van der Waals surface area contributed by atoms with E-state index in [1.165, 1.54) is 96.3 Å². The fraction of sp³-hybridized carbons (Fsp3) is 1.00. The van der Waals surface area contributed by atoms with Crippen LogP contribution in [0.1, 0.15) is 191 Å². The zero-order valence-corrected chi connectivity index (χ0v) is 25.7. The van der Waals surface area contributed by atoms with Crippen LogP contribution in [0, 0.1) is 23.7 Å². The predicted octanol–water partition coefficient (Wildman–Crippen LogP) is 13.0. The summed E-state index contributed by atoms with van der Waals surface area (Å²) in [6, 6.07) is 0. The van der Waals surface area contributed by atoms with Gasteiger partial charge in [0.2, 0.25) is 0 Å². The molecule has 3 atom stereocenters. The highest BCUT2D eigenvalue weighted by molar-refractivity contribution is 4.88. The highest BCUT2D eigenvalue weighted by Gasteiger charge is 2.37. The lowest BCUT2D eigenvalue weighted by atomic mass is 9.87. The second-order valence-corrected chi connectivity index (χ2v) is 10.3. The van der Waals surface area contributed by atoms with Gasteiger partial charge in [-0.3, -0.25) is 0 Å². The maximum absolute atomic E-state index is 2.35. The minimum Gasteiger partial charge on any atom is -0.0683 e. The normalized spacial score (nSPS) is 24.7. The molecule has 0 heteroatoms. The van der Waals surface area contributed by atoms with Gasteiger partial charge < -0.3 is 0 Å². The van der Waals surface area contributed by atoms with Crippen molar-refractivity contribution in [3.05, 3.63) is 0 Å². The van der Waals surface area contributed by atoms with Gasteiger partial charge in [0.25, 0.3) is 0 Å². The molecular formula is C33H72. The van der Waals surface area contributed by atoms with Gasteiger partial charge in [-0.15, -0.1) is 0 Å². The Bertz CT molecular complexity index is 284. The molecule has 0 aromatic rings. The molecule has 4 aliphatic rings. The molecular weight excluding hydrogens is 396 g/mol. The van der Waals surface area contributed by atoms with E-state index in [-0.39, 0.29) is 0 Å². The van der Waals surface area contributed by atoms with Crippen molar-refractivity contribution in [3.8, 4) is 0 Å². The van der Waals surface area contributed by atoms with Gasteiger partial charge in [-0.05, 0) is 42.9 Å². The van der Waals surface area contributed by atoms with Crippen LogP contribution in [0.25, 0.3) is 0 Å². The van der Waals surface area contributed by atoms with Gasteiger partial charge in [0, 0.05) is 0 Å². The molecule has 33 heavy (non-hydrogen) atoms. The molecule has 0 saturated heterocycles. The maximum Gasteiger partial charge on any atom is -0.0383 e. The van der Waals surface area contributed by atoms with Crippen molar-refractivity contribution in [1.29, 1.82) is 0 Å². The quantitative estimate of drug-likeness (QED) is 0.378. The summed E-state index contributed by atoms with van der Waals surface area (Å²) in [6.45, 7) is 21.2. The summed E-state index contributed by atoms with van der Waals surface area (Å²) in [5.74, 6) is 4.52. The summed E-state index contributed by atoms with van der Waals surface area (Å²) in [5.41, 5.74) is 0. The standard InChI is InChI=1S/C9H16.C8H16.C6H12.2C3H8.2C2H6/c1-2-8-5-7-3-4-9(8)6-7;1-2-8-6-4-3-5-7-8;1-2-4-6-5-3-1;2*1-3-2;2*1-2/h7-9H,2-6H2,1H3;8H,2-7H2,1H3;1-6H2;2*3H2,1-2H3;2*1-2H3. The smallest absolute Gasteiger partial charge is 0.0383 e. The zero-order valence-electron chi connectivity index (χ0n) is 25.7. The molecule has 3 unspecified atom stereocenters. The van der Waals surface area contributed by atoms with Gasteiger partial charge in [0.1, 0.15) is 0 Å². The van der Waals surface area contributed by atoms with Crippen LogP contribution in [0.2, 0.25) is 0 Å². The Balaban J connectivity index is -0.000000347. The van der Waals surface area contributed by atoms with Gasteiger partial charge >= 0.3 is 0 Å². The largest absolute Gasteiger partial charge is 0.0683 e. The summed E-state index contributed by atoms with van der Waals surface area (Å²) in [4.78, 5) is 0. The monoisotopic (exact) mass is 469 g/mol. The Morgan fingerprint density at radius 2 is 0.848 bits per heavy atom. The minimum atomic E-state index is 1.09. The predicted molar refractivity (Wildman–Crippen MR) is 158 cm³/mol. The Kier molecular flexibility index (Phi) is 36.4. The summed E-state index contributed by atoms with van der Waals surface area (Å²) in [5, 5.41) is 0. The van der Waals surface area contributed by atoms with Crippen molar-refractivity contribution < 1.29 is 0 Å². The summed E-state index contributed by atoms with van der Waals surface area (Å²) in [7, 11) is 0. The summed E-state index contributed by atoms with van der Waals surface area (Å²) < 4.78 is 0. The van der Waals surface area contributed by atoms with Crippen LogP contribution in [0.5, 0.6) is 0 Å². The Morgan fingerprint density at radius 3 is 1.06 bits per heavy atom. The van der Waals surface area contributed by atoms with E-state index in [2.05, 4.69) is 41.5 Å². The highest BCUT2D eigenvalue weighted by Crippen LogP contribution is 2.49. The number of rotatable bonds is 2. The lowest BCUT2D eigenvalue weighted by Crippen LogP contribution is -2.08. The van der Waals surface area contributed by atoms with Gasteiger partial charge in [0.15, 0.2) is 0 Å². The van der Waals surface area contributed by atoms with Crippen molar-refractivity contribution in [1.82, 2.24) is 0 Å². The average molecular weight is 469 g/mol. The van der Waals surface area contributed by atoms with Crippen LogP contribution in [0.15, 0.2) is 0 Å². The topological polar surface area (TPSA) is 0 Å².